The normalized spacial score (nSPS) is 11.1. The largest absolute Gasteiger partial charge is 0.273 e. The maximum absolute atomic E-state index is 12.0. The number of halogens is 1. The third-order valence-electron chi connectivity index (χ3n) is 3.24. The highest BCUT2D eigenvalue weighted by Crippen LogP contribution is 2.27. The molecule has 3 rings (SSSR count). The van der Waals surface area contributed by atoms with Gasteiger partial charge in [0.15, 0.2) is 0 Å². The molecular weight excluding hydrogens is 360 g/mol. The molecule has 0 aliphatic carbocycles. The molecule has 0 atom stereocenters. The van der Waals surface area contributed by atoms with Crippen molar-refractivity contribution in [1.82, 2.24) is 5.43 Å². The van der Waals surface area contributed by atoms with E-state index in [1.807, 2.05) is 53.9 Å². The van der Waals surface area contributed by atoms with Crippen LogP contribution in [0.1, 0.15) is 10.4 Å². The first-order valence-electron chi connectivity index (χ1n) is 6.75. The highest BCUT2D eigenvalue weighted by molar-refractivity contribution is 9.10. The summed E-state index contributed by atoms with van der Waals surface area (Å²) in [6.07, 6.45) is 1.96. The molecule has 3 nitrogen and oxygen atoms in total. The van der Waals surface area contributed by atoms with E-state index in [9.17, 15) is 4.79 Å². The van der Waals surface area contributed by atoms with Crippen molar-refractivity contribution in [3.63, 3.8) is 0 Å². The number of thiophene rings is 1. The van der Waals surface area contributed by atoms with Gasteiger partial charge < -0.3 is 0 Å². The fraction of sp³-hybridized carbons (Fsp3) is 0.0588. The summed E-state index contributed by atoms with van der Waals surface area (Å²) in [5.74, 6) is -0.125. The van der Waals surface area contributed by atoms with Crippen molar-refractivity contribution in [2.24, 2.45) is 5.10 Å². The molecule has 1 amide bonds. The average molecular weight is 373 g/mol. The molecule has 22 heavy (non-hydrogen) atoms. The molecule has 1 N–H and O–H groups in total. The first-order valence-corrected chi connectivity index (χ1v) is 8.43. The van der Waals surface area contributed by atoms with Gasteiger partial charge in [-0.3, -0.25) is 4.79 Å². The van der Waals surface area contributed by atoms with Crippen molar-refractivity contribution < 1.29 is 4.79 Å². The summed E-state index contributed by atoms with van der Waals surface area (Å²) in [5.41, 5.74) is 3.56. The number of amides is 1. The van der Waals surface area contributed by atoms with E-state index in [0.717, 1.165) is 25.7 Å². The van der Waals surface area contributed by atoms with Crippen LogP contribution in [-0.2, 0) is 11.2 Å². The smallest absolute Gasteiger partial charge is 0.244 e. The third-order valence-corrected chi connectivity index (χ3v) is 4.73. The number of carbonyl (C=O) groups is 1. The third kappa shape index (κ3) is 3.43. The van der Waals surface area contributed by atoms with Crippen molar-refractivity contribution in [1.29, 1.82) is 0 Å². The van der Waals surface area contributed by atoms with Gasteiger partial charge in [0.25, 0.3) is 0 Å². The highest BCUT2D eigenvalue weighted by Gasteiger charge is 2.08. The van der Waals surface area contributed by atoms with Gasteiger partial charge in [-0.05, 0) is 33.8 Å². The number of rotatable bonds is 4. The molecule has 0 spiro atoms. The first-order chi connectivity index (χ1) is 10.7. The van der Waals surface area contributed by atoms with E-state index < -0.39 is 0 Å². The van der Waals surface area contributed by atoms with E-state index in [1.54, 1.807) is 17.6 Å². The van der Waals surface area contributed by atoms with Crippen LogP contribution in [0.15, 0.2) is 63.5 Å². The van der Waals surface area contributed by atoms with Crippen molar-refractivity contribution in [3.8, 4) is 0 Å². The minimum absolute atomic E-state index is 0.125. The summed E-state index contributed by atoms with van der Waals surface area (Å²) in [5, 5.41) is 8.14. The molecule has 1 aromatic heterocycles. The number of nitrogens with zero attached hydrogens (tertiary/aromatic N) is 1. The second kappa shape index (κ2) is 6.85. The predicted octanol–water partition coefficient (Wildman–Crippen LogP) is 4.36. The van der Waals surface area contributed by atoms with Gasteiger partial charge in [-0.25, -0.2) is 5.43 Å². The second-order valence-corrected chi connectivity index (χ2v) is 6.57. The maximum atomic E-state index is 12.0. The molecule has 0 bridgehead atoms. The second-order valence-electron chi connectivity index (χ2n) is 4.74. The Balaban J connectivity index is 1.73. The molecule has 2 aromatic carbocycles. The van der Waals surface area contributed by atoms with Crippen LogP contribution >= 0.6 is 27.3 Å². The number of hydrogen-bond donors (Lipinski definition) is 1. The molecule has 0 fully saturated rings. The van der Waals surface area contributed by atoms with E-state index in [0.29, 0.717) is 6.42 Å². The van der Waals surface area contributed by atoms with E-state index in [-0.39, 0.29) is 5.91 Å². The van der Waals surface area contributed by atoms with E-state index in [2.05, 4.69) is 26.5 Å². The molecular formula is C17H13BrN2OS. The summed E-state index contributed by atoms with van der Waals surface area (Å²) in [6, 6.07) is 15.9. The fourth-order valence-corrected chi connectivity index (χ4v) is 3.29. The van der Waals surface area contributed by atoms with Crippen LogP contribution in [0.4, 0.5) is 0 Å². The molecule has 0 unspecified atom stereocenters. The minimum atomic E-state index is -0.125. The first kappa shape index (κ1) is 14.9. The lowest BCUT2D eigenvalue weighted by Gasteiger charge is -2.07. The van der Waals surface area contributed by atoms with E-state index in [4.69, 9.17) is 0 Å². The summed E-state index contributed by atoms with van der Waals surface area (Å²) in [4.78, 5) is 13.0. The van der Waals surface area contributed by atoms with Crippen LogP contribution in [0.25, 0.3) is 10.8 Å². The lowest BCUT2D eigenvalue weighted by atomic mass is 10.0. The number of carbonyl (C=O) groups excluding carboxylic acids is 1. The molecule has 1 heterocycles. The molecule has 0 saturated heterocycles. The number of hydrogen-bond acceptors (Lipinski definition) is 3. The summed E-state index contributed by atoms with van der Waals surface area (Å²) < 4.78 is 1.03. The Hall–Kier alpha value is -1.98. The van der Waals surface area contributed by atoms with Crippen LogP contribution in [-0.4, -0.2) is 12.1 Å². The predicted molar refractivity (Wildman–Crippen MR) is 95.4 cm³/mol. The van der Waals surface area contributed by atoms with Crippen LogP contribution < -0.4 is 5.43 Å². The topological polar surface area (TPSA) is 41.5 Å². The zero-order valence-electron chi connectivity index (χ0n) is 11.6. The van der Waals surface area contributed by atoms with Crippen LogP contribution in [0, 0.1) is 0 Å². The molecule has 110 valence electrons. The Bertz CT molecular complexity index is 828. The number of fused-ring (bicyclic) bond motifs is 1. The van der Waals surface area contributed by atoms with Crippen LogP contribution in [0.2, 0.25) is 0 Å². The van der Waals surface area contributed by atoms with Crippen molar-refractivity contribution in [2.45, 2.75) is 6.42 Å². The van der Waals surface area contributed by atoms with Gasteiger partial charge in [-0.2, -0.15) is 5.10 Å². The molecule has 0 radical (unpaired) electrons. The average Bonchev–Trinajstić information content (AvgIpc) is 3.04. The molecule has 0 saturated carbocycles. The Morgan fingerprint density at radius 2 is 1.95 bits per heavy atom. The number of benzene rings is 2. The standard InChI is InChI=1S/C17H13BrN2OS/c18-16-8-7-12(14-5-1-2-6-15(14)16)10-17(21)20-19-11-13-4-3-9-22-13/h1-9,11H,10H2,(H,20,21)/b19-11+. The van der Waals surface area contributed by atoms with E-state index in [1.165, 1.54) is 0 Å². The van der Waals surface area contributed by atoms with Gasteiger partial charge in [-0.15, -0.1) is 11.3 Å². The maximum Gasteiger partial charge on any atom is 0.244 e. The number of hydrazone groups is 1. The van der Waals surface area contributed by atoms with Gasteiger partial charge in [0.2, 0.25) is 5.91 Å². The highest BCUT2D eigenvalue weighted by atomic mass is 79.9. The molecule has 3 aromatic rings. The Labute approximate surface area is 140 Å². The fourth-order valence-electron chi connectivity index (χ4n) is 2.22. The molecule has 0 aliphatic heterocycles. The Kier molecular flexibility index (Phi) is 4.65. The van der Waals surface area contributed by atoms with Crippen molar-refractivity contribution in [3.05, 3.63) is 68.8 Å². The van der Waals surface area contributed by atoms with Gasteiger partial charge >= 0.3 is 0 Å². The van der Waals surface area contributed by atoms with Crippen LogP contribution in [0.3, 0.4) is 0 Å². The zero-order chi connectivity index (χ0) is 15.4. The van der Waals surface area contributed by atoms with Gasteiger partial charge in [-0.1, -0.05) is 52.3 Å². The van der Waals surface area contributed by atoms with Gasteiger partial charge in [0.1, 0.15) is 0 Å². The lowest BCUT2D eigenvalue weighted by molar-refractivity contribution is -0.120. The van der Waals surface area contributed by atoms with Crippen molar-refractivity contribution in [2.75, 3.05) is 0 Å². The SMILES string of the molecule is O=C(Cc1ccc(Br)c2ccccc12)N/N=C/c1cccs1. The summed E-state index contributed by atoms with van der Waals surface area (Å²) in [6.45, 7) is 0. The minimum Gasteiger partial charge on any atom is -0.273 e. The summed E-state index contributed by atoms with van der Waals surface area (Å²) >= 11 is 5.11. The Morgan fingerprint density at radius 3 is 2.73 bits per heavy atom. The number of nitrogens with one attached hydrogen (secondary N) is 1. The lowest BCUT2D eigenvalue weighted by Crippen LogP contribution is -2.19. The summed E-state index contributed by atoms with van der Waals surface area (Å²) in [7, 11) is 0. The van der Waals surface area contributed by atoms with Gasteiger partial charge in [0, 0.05) is 9.35 Å². The monoisotopic (exact) mass is 372 g/mol. The molecule has 5 heteroatoms. The van der Waals surface area contributed by atoms with E-state index >= 15 is 0 Å². The van der Waals surface area contributed by atoms with Crippen molar-refractivity contribution >= 4 is 50.2 Å². The zero-order valence-corrected chi connectivity index (χ0v) is 14.0. The van der Waals surface area contributed by atoms with Crippen LogP contribution in [0.5, 0.6) is 0 Å². The molecule has 0 aliphatic rings. The quantitative estimate of drug-likeness (QED) is 0.536. The van der Waals surface area contributed by atoms with Gasteiger partial charge in [0.05, 0.1) is 12.6 Å². The Morgan fingerprint density at radius 1 is 1.14 bits per heavy atom.